The summed E-state index contributed by atoms with van der Waals surface area (Å²) in [6, 6.07) is 8.61. The van der Waals surface area contributed by atoms with Crippen LogP contribution in [0.1, 0.15) is 25.1 Å². The largest absolute Gasteiger partial charge is 0.422 e. The van der Waals surface area contributed by atoms with Gasteiger partial charge in [0.05, 0.1) is 5.69 Å². The van der Waals surface area contributed by atoms with Crippen molar-refractivity contribution in [3.63, 3.8) is 0 Å². The molecular weight excluding hydrogens is 278 g/mol. The predicted octanol–water partition coefficient (Wildman–Crippen LogP) is 2.36. The van der Waals surface area contributed by atoms with Crippen LogP contribution in [-0.2, 0) is 13.0 Å². The molecule has 0 spiro atoms. The highest BCUT2D eigenvalue weighted by Gasteiger charge is 2.26. The summed E-state index contributed by atoms with van der Waals surface area (Å²) in [6.07, 6.45) is 0.908. The van der Waals surface area contributed by atoms with Gasteiger partial charge in [-0.2, -0.15) is 14.8 Å². The number of fused-ring (bicyclic) bond motifs is 2. The van der Waals surface area contributed by atoms with Gasteiger partial charge in [0.2, 0.25) is 0 Å². The minimum absolute atomic E-state index is 0.434. The molecule has 114 valence electrons. The second-order valence-corrected chi connectivity index (χ2v) is 6.00. The second-order valence-electron chi connectivity index (χ2n) is 6.00. The highest BCUT2D eigenvalue weighted by Crippen LogP contribution is 2.28. The van der Waals surface area contributed by atoms with Crippen molar-refractivity contribution in [3.05, 3.63) is 35.5 Å². The van der Waals surface area contributed by atoms with Crippen LogP contribution in [0, 0.1) is 0 Å². The van der Waals surface area contributed by atoms with Gasteiger partial charge in [0.15, 0.2) is 5.58 Å². The fourth-order valence-electron chi connectivity index (χ4n) is 2.95. The van der Waals surface area contributed by atoms with Crippen molar-refractivity contribution in [2.24, 2.45) is 0 Å². The number of hydrogen-bond acceptors (Lipinski definition) is 5. The number of nitrogens with two attached hydrogens (primary N) is 1. The number of hydrogen-bond donors (Lipinski definition) is 1. The lowest BCUT2D eigenvalue weighted by Crippen LogP contribution is -2.35. The summed E-state index contributed by atoms with van der Waals surface area (Å²) in [5, 5.41) is 4.62. The zero-order valence-corrected chi connectivity index (χ0v) is 12.8. The summed E-state index contributed by atoms with van der Waals surface area (Å²) >= 11 is 0. The highest BCUT2D eigenvalue weighted by atomic mass is 16.4. The van der Waals surface area contributed by atoms with Gasteiger partial charge < -0.3 is 10.2 Å². The Bertz CT molecular complexity index is 799. The molecule has 6 nitrogen and oxygen atoms in total. The van der Waals surface area contributed by atoms with Gasteiger partial charge >= 0.3 is 6.01 Å². The predicted molar refractivity (Wildman–Crippen MR) is 84.8 cm³/mol. The van der Waals surface area contributed by atoms with E-state index in [-0.39, 0.29) is 0 Å². The molecule has 0 saturated heterocycles. The van der Waals surface area contributed by atoms with Crippen LogP contribution in [0.2, 0.25) is 0 Å². The van der Waals surface area contributed by atoms with Gasteiger partial charge in [-0.1, -0.05) is 12.1 Å². The smallest absolute Gasteiger partial charge is 0.325 e. The molecule has 0 unspecified atom stereocenters. The maximum atomic E-state index is 6.31. The van der Waals surface area contributed by atoms with Crippen molar-refractivity contribution < 1.29 is 4.42 Å². The van der Waals surface area contributed by atoms with Crippen LogP contribution in [-0.4, -0.2) is 32.3 Å². The van der Waals surface area contributed by atoms with E-state index in [4.69, 9.17) is 10.2 Å². The van der Waals surface area contributed by atoms with Crippen LogP contribution in [0.4, 0.5) is 5.82 Å². The Balaban J connectivity index is 1.77. The molecule has 0 fully saturated rings. The van der Waals surface area contributed by atoms with Gasteiger partial charge in [0.1, 0.15) is 11.3 Å². The van der Waals surface area contributed by atoms with Crippen LogP contribution >= 0.6 is 0 Å². The highest BCUT2D eigenvalue weighted by molar-refractivity contribution is 5.73. The first-order chi connectivity index (χ1) is 10.6. The monoisotopic (exact) mass is 297 g/mol. The van der Waals surface area contributed by atoms with Crippen LogP contribution in [0.5, 0.6) is 0 Å². The molecule has 2 aromatic heterocycles. The van der Waals surface area contributed by atoms with E-state index in [2.05, 4.69) is 28.8 Å². The number of para-hydroxylation sites is 2. The molecule has 1 aliphatic heterocycles. The Morgan fingerprint density at radius 2 is 2.09 bits per heavy atom. The summed E-state index contributed by atoms with van der Waals surface area (Å²) in [5.74, 6) is 0.631. The number of aromatic nitrogens is 3. The first kappa shape index (κ1) is 13.3. The molecule has 6 heteroatoms. The third-order valence-electron chi connectivity index (χ3n) is 4.30. The van der Waals surface area contributed by atoms with Crippen molar-refractivity contribution in [3.8, 4) is 6.01 Å². The van der Waals surface area contributed by atoms with Gasteiger partial charge in [0, 0.05) is 31.1 Å². The van der Waals surface area contributed by atoms with Crippen molar-refractivity contribution >= 4 is 16.9 Å². The van der Waals surface area contributed by atoms with E-state index in [1.807, 2.05) is 24.3 Å². The van der Waals surface area contributed by atoms with E-state index in [1.165, 1.54) is 0 Å². The van der Waals surface area contributed by atoms with E-state index in [0.717, 1.165) is 41.9 Å². The summed E-state index contributed by atoms with van der Waals surface area (Å²) < 4.78 is 7.42. The SMILES string of the molecule is CC(C)N1CCc2nn(-c3nc4ccccc4o3)c(N)c2C1. The van der Waals surface area contributed by atoms with E-state index >= 15 is 0 Å². The Hall–Kier alpha value is -2.34. The third-order valence-corrected chi connectivity index (χ3v) is 4.30. The van der Waals surface area contributed by atoms with Gasteiger partial charge in [-0.3, -0.25) is 4.90 Å². The standard InChI is InChI=1S/C16H19N5O/c1-10(2)20-8-7-12-11(9-20)15(17)21(19-12)16-18-13-5-3-4-6-14(13)22-16/h3-6,10H,7-9,17H2,1-2H3. The van der Waals surface area contributed by atoms with E-state index in [0.29, 0.717) is 17.9 Å². The molecule has 1 aromatic carbocycles. The number of nitrogens with zero attached hydrogens (tertiary/aromatic N) is 4. The Kier molecular flexibility index (Phi) is 2.94. The Morgan fingerprint density at radius 1 is 1.27 bits per heavy atom. The first-order valence-electron chi connectivity index (χ1n) is 7.59. The van der Waals surface area contributed by atoms with Crippen LogP contribution < -0.4 is 5.73 Å². The molecule has 22 heavy (non-hydrogen) atoms. The quantitative estimate of drug-likeness (QED) is 0.786. The van der Waals surface area contributed by atoms with E-state index < -0.39 is 0 Å². The van der Waals surface area contributed by atoms with Crippen LogP contribution in [0.3, 0.4) is 0 Å². The second kappa shape index (κ2) is 4.84. The zero-order valence-electron chi connectivity index (χ0n) is 12.8. The summed E-state index contributed by atoms with van der Waals surface area (Å²) in [6.45, 7) is 6.24. The maximum absolute atomic E-state index is 6.31. The molecule has 3 heterocycles. The molecule has 0 amide bonds. The summed E-state index contributed by atoms with van der Waals surface area (Å²) in [5.41, 5.74) is 10.0. The topological polar surface area (TPSA) is 73.1 Å². The molecule has 0 saturated carbocycles. The summed E-state index contributed by atoms with van der Waals surface area (Å²) in [4.78, 5) is 6.88. The van der Waals surface area contributed by atoms with Gasteiger partial charge in [-0.15, -0.1) is 0 Å². The van der Waals surface area contributed by atoms with Crippen molar-refractivity contribution in [1.82, 2.24) is 19.7 Å². The average molecular weight is 297 g/mol. The fourth-order valence-corrected chi connectivity index (χ4v) is 2.95. The molecule has 3 aromatic rings. The van der Waals surface area contributed by atoms with Crippen LogP contribution in [0.15, 0.2) is 28.7 Å². The van der Waals surface area contributed by atoms with E-state index in [1.54, 1.807) is 4.68 Å². The molecule has 0 atom stereocenters. The lowest BCUT2D eigenvalue weighted by molar-refractivity contribution is 0.203. The third kappa shape index (κ3) is 1.99. The molecular formula is C16H19N5O. The van der Waals surface area contributed by atoms with Crippen molar-refractivity contribution in [1.29, 1.82) is 0 Å². The molecule has 0 aliphatic carbocycles. The van der Waals surface area contributed by atoms with Gasteiger partial charge in [-0.25, -0.2) is 0 Å². The number of oxazole rings is 1. The Labute approximate surface area is 128 Å². The van der Waals surface area contributed by atoms with Gasteiger partial charge in [0.25, 0.3) is 0 Å². The lowest BCUT2D eigenvalue weighted by atomic mass is 10.1. The van der Waals surface area contributed by atoms with Gasteiger partial charge in [-0.05, 0) is 26.0 Å². The van der Waals surface area contributed by atoms with E-state index in [9.17, 15) is 0 Å². The Morgan fingerprint density at radius 3 is 2.86 bits per heavy atom. The molecule has 2 N–H and O–H groups in total. The average Bonchev–Trinajstić information content (AvgIpc) is 3.08. The number of anilines is 1. The molecule has 0 radical (unpaired) electrons. The van der Waals surface area contributed by atoms with Crippen LogP contribution in [0.25, 0.3) is 17.1 Å². The number of benzene rings is 1. The lowest BCUT2D eigenvalue weighted by Gasteiger charge is -2.29. The number of nitrogen functional groups attached to an aromatic ring is 1. The van der Waals surface area contributed by atoms with Crippen molar-refractivity contribution in [2.75, 3.05) is 12.3 Å². The first-order valence-corrected chi connectivity index (χ1v) is 7.59. The maximum Gasteiger partial charge on any atom is 0.325 e. The normalized spacial score (nSPS) is 15.6. The minimum atomic E-state index is 0.434. The minimum Gasteiger partial charge on any atom is -0.422 e. The van der Waals surface area contributed by atoms with Crippen molar-refractivity contribution in [2.45, 2.75) is 32.9 Å². The molecule has 1 aliphatic rings. The summed E-state index contributed by atoms with van der Waals surface area (Å²) in [7, 11) is 0. The molecule has 4 rings (SSSR count). The number of rotatable bonds is 2. The molecule has 0 bridgehead atoms. The fraction of sp³-hybridized carbons (Fsp3) is 0.375. The zero-order chi connectivity index (χ0) is 15.3.